The van der Waals surface area contributed by atoms with Crippen molar-refractivity contribution in [3.05, 3.63) is 65.3 Å². The van der Waals surface area contributed by atoms with E-state index < -0.39 is 30.3 Å². The van der Waals surface area contributed by atoms with Gasteiger partial charge >= 0.3 is 11.9 Å². The van der Waals surface area contributed by atoms with Gasteiger partial charge in [-0.05, 0) is 127 Å². The lowest BCUT2D eigenvalue weighted by Gasteiger charge is -2.50. The van der Waals surface area contributed by atoms with Crippen LogP contribution in [-0.2, 0) is 31.9 Å². The average Bonchev–Trinajstić information content (AvgIpc) is 3.61. The summed E-state index contributed by atoms with van der Waals surface area (Å²) in [5.74, 6) is 0.968. The molecule has 11 heteroatoms. The van der Waals surface area contributed by atoms with Crippen LogP contribution in [0.3, 0.4) is 0 Å². The van der Waals surface area contributed by atoms with E-state index in [1.54, 1.807) is 12.1 Å². The third-order valence-corrected chi connectivity index (χ3v) is 11.8. The predicted octanol–water partition coefficient (Wildman–Crippen LogP) is 5.24. The van der Waals surface area contributed by atoms with Crippen molar-refractivity contribution >= 4 is 17.5 Å². The van der Waals surface area contributed by atoms with Crippen molar-refractivity contribution in [2.24, 2.45) is 47.2 Å². The maximum absolute atomic E-state index is 12.7. The summed E-state index contributed by atoms with van der Waals surface area (Å²) >= 11 is 0. The number of phenolic OH excluding ortho intramolecular Hbond substituents is 1. The molecule has 11 nitrogen and oxygen atoms in total. The largest absolute Gasteiger partial charge is 0.504 e. The maximum Gasteiger partial charge on any atom is 0.302 e. The number of nitrogens with two attached hydrogens (primary N) is 1. The molecule has 9 atom stereocenters. The quantitative estimate of drug-likeness (QED) is 0.142. The molecule has 0 radical (unpaired) electrons. The molecule has 5 rings (SSSR count). The summed E-state index contributed by atoms with van der Waals surface area (Å²) in [6.45, 7) is 7.69. The van der Waals surface area contributed by atoms with Crippen molar-refractivity contribution in [2.75, 3.05) is 20.3 Å². The minimum Gasteiger partial charge on any atom is -0.504 e. The number of rotatable bonds is 14. The second-order valence-electron chi connectivity index (χ2n) is 15.6. The number of hydrogen-bond donors (Lipinski definition) is 6. The number of ether oxygens (including phenoxy) is 3. The van der Waals surface area contributed by atoms with Crippen LogP contribution in [0.5, 0.6) is 11.5 Å². The lowest BCUT2D eigenvalue weighted by molar-refractivity contribution is -0.158. The molecule has 2 aromatic rings. The molecule has 0 unspecified atom stereocenters. The summed E-state index contributed by atoms with van der Waals surface area (Å²) in [6, 6.07) is 7.57. The molecule has 2 fully saturated rings. The smallest absolute Gasteiger partial charge is 0.302 e. The van der Waals surface area contributed by atoms with Gasteiger partial charge in [-0.1, -0.05) is 19.9 Å². The van der Waals surface area contributed by atoms with Gasteiger partial charge in [0.05, 0.1) is 19.0 Å². The summed E-state index contributed by atoms with van der Waals surface area (Å²) in [6.07, 6.45) is 9.01. The van der Waals surface area contributed by atoms with Gasteiger partial charge in [0.25, 0.3) is 0 Å². The standard InChI is InChI=1S/C41H59N3O8/c1-23(2)34-16-29(15-32-7-6-11-43-32)36-17-28(34)13-30(14-31(22-45)41(36)49)38(52-25(4)47)20-33(51-24(3)46)9-8-26-18-39(50-5)37(48)21-35(26)27-10-12-44-40(42)19-27/h6-7,10-11,18-19,21,23,28-31,33-34,36,38,41,43-45,48-49H,8-9,12-17,20,22,42H2,1-5H3/t28-,29+,30+,31-,33-,34+,36+,38-,41+/m1/s1. The number of methoxy groups -OCH3 is 1. The Hall–Kier alpha value is -3.96. The van der Waals surface area contributed by atoms with Crippen LogP contribution in [0.15, 0.2) is 48.4 Å². The van der Waals surface area contributed by atoms with Gasteiger partial charge in [-0.3, -0.25) is 9.59 Å². The molecule has 0 amide bonds. The molecule has 1 aromatic carbocycles. The fourth-order valence-corrected chi connectivity index (χ4v) is 9.38. The minimum atomic E-state index is -0.694. The van der Waals surface area contributed by atoms with Gasteiger partial charge in [0.2, 0.25) is 0 Å². The molecule has 52 heavy (non-hydrogen) atoms. The first-order valence-corrected chi connectivity index (χ1v) is 18.9. The predicted molar refractivity (Wildman–Crippen MR) is 199 cm³/mol. The number of dihydropyridines is 1. The topological polar surface area (TPSA) is 176 Å². The Morgan fingerprint density at radius 3 is 2.46 bits per heavy atom. The monoisotopic (exact) mass is 721 g/mol. The highest BCUT2D eigenvalue weighted by molar-refractivity contribution is 5.79. The number of allylic oxidation sites excluding steroid dienone is 2. The highest BCUT2D eigenvalue weighted by Gasteiger charge is 2.47. The third-order valence-electron chi connectivity index (χ3n) is 11.8. The summed E-state index contributed by atoms with van der Waals surface area (Å²) < 4.78 is 17.5. The van der Waals surface area contributed by atoms with E-state index in [2.05, 4.69) is 30.2 Å². The van der Waals surface area contributed by atoms with Crippen molar-refractivity contribution in [3.63, 3.8) is 0 Å². The van der Waals surface area contributed by atoms with Crippen LogP contribution in [0.25, 0.3) is 5.57 Å². The molecule has 2 heterocycles. The van der Waals surface area contributed by atoms with Gasteiger partial charge in [-0.25, -0.2) is 0 Å². The van der Waals surface area contributed by atoms with Gasteiger partial charge in [0.1, 0.15) is 12.2 Å². The number of carbonyl (C=O) groups excluding carboxylic acids is 2. The number of nitrogens with one attached hydrogen (secondary N) is 2. The van der Waals surface area contributed by atoms with Gasteiger partial charge in [0, 0.05) is 51.2 Å². The number of H-pyrrole nitrogens is 1. The first-order valence-electron chi connectivity index (χ1n) is 18.9. The van der Waals surface area contributed by atoms with Crippen LogP contribution in [0.4, 0.5) is 0 Å². The summed E-state index contributed by atoms with van der Waals surface area (Å²) in [5.41, 5.74) is 9.77. The summed E-state index contributed by atoms with van der Waals surface area (Å²) in [4.78, 5) is 28.5. The van der Waals surface area contributed by atoms with E-state index in [-0.39, 0.29) is 42.4 Å². The van der Waals surface area contributed by atoms with Crippen molar-refractivity contribution in [1.29, 1.82) is 0 Å². The molecule has 7 N–H and O–H groups in total. The summed E-state index contributed by atoms with van der Waals surface area (Å²) in [5, 5.41) is 36.3. The number of aromatic amines is 1. The molecule has 0 saturated heterocycles. The highest BCUT2D eigenvalue weighted by Crippen LogP contribution is 2.51. The lowest BCUT2D eigenvalue weighted by Crippen LogP contribution is -2.48. The number of benzene rings is 1. The molecule has 0 spiro atoms. The SMILES string of the molecule is COc1cc(CC[C@H](C[C@@H](OC(C)=O)[C@@H]2C[C@H](CO)[C@H](O)[C@H]3C[C@@H](C2)[C@H](C(C)C)C[C@@H]3Cc2ccc[nH]2)OC(C)=O)c(C2=CCNC(N)=C2)cc1O. The van der Waals surface area contributed by atoms with Crippen molar-refractivity contribution in [2.45, 2.75) is 97.4 Å². The number of aryl methyl sites for hydroxylation is 1. The Labute approximate surface area is 308 Å². The number of carbonyl (C=O) groups is 2. The van der Waals surface area contributed by atoms with E-state index in [0.717, 1.165) is 48.1 Å². The number of phenols is 1. The molecule has 2 saturated carbocycles. The second kappa shape index (κ2) is 17.7. The molecular formula is C41H59N3O8. The Balaban J connectivity index is 1.41. The van der Waals surface area contributed by atoms with E-state index in [1.807, 2.05) is 24.4 Å². The van der Waals surface area contributed by atoms with Gasteiger partial charge < -0.3 is 45.6 Å². The zero-order valence-corrected chi connectivity index (χ0v) is 31.3. The van der Waals surface area contributed by atoms with Crippen LogP contribution in [-0.4, -0.2) is 70.8 Å². The zero-order valence-electron chi connectivity index (χ0n) is 31.3. The second-order valence-corrected chi connectivity index (χ2v) is 15.6. The Bertz CT molecular complexity index is 1570. The third kappa shape index (κ3) is 9.72. The molecule has 3 aliphatic rings. The number of hydrogen-bond acceptors (Lipinski definition) is 10. The van der Waals surface area contributed by atoms with Gasteiger partial charge in [-0.15, -0.1) is 0 Å². The van der Waals surface area contributed by atoms with Crippen molar-refractivity contribution in [3.8, 4) is 11.5 Å². The van der Waals surface area contributed by atoms with E-state index >= 15 is 0 Å². The van der Waals surface area contributed by atoms with Gasteiger partial charge in [-0.2, -0.15) is 0 Å². The van der Waals surface area contributed by atoms with Gasteiger partial charge in [0.15, 0.2) is 11.5 Å². The van der Waals surface area contributed by atoms with Crippen molar-refractivity contribution < 1.29 is 39.1 Å². The number of aliphatic hydroxyl groups excluding tert-OH is 2. The van der Waals surface area contributed by atoms with E-state index in [9.17, 15) is 24.9 Å². The first-order chi connectivity index (χ1) is 24.9. The summed E-state index contributed by atoms with van der Waals surface area (Å²) in [7, 11) is 1.50. The molecule has 1 aliphatic heterocycles. The maximum atomic E-state index is 12.7. The normalized spacial score (nSPS) is 27.3. The van der Waals surface area contributed by atoms with E-state index in [0.29, 0.717) is 55.1 Å². The number of aliphatic hydroxyl groups is 2. The first kappa shape index (κ1) is 39.3. The number of aromatic hydroxyl groups is 1. The van der Waals surface area contributed by atoms with Crippen LogP contribution in [0.2, 0.25) is 0 Å². The van der Waals surface area contributed by atoms with Crippen LogP contribution in [0, 0.1) is 41.4 Å². The van der Waals surface area contributed by atoms with E-state index in [1.165, 1.54) is 21.0 Å². The van der Waals surface area contributed by atoms with Crippen LogP contribution < -0.4 is 15.8 Å². The number of aromatic nitrogens is 1. The Morgan fingerprint density at radius 1 is 1.06 bits per heavy atom. The Kier molecular flexibility index (Phi) is 13.4. The Morgan fingerprint density at radius 2 is 1.83 bits per heavy atom. The molecule has 2 aliphatic carbocycles. The molecule has 1 aromatic heterocycles. The average molecular weight is 722 g/mol. The number of fused-ring (bicyclic) bond motifs is 2. The minimum absolute atomic E-state index is 0.00397. The fourth-order valence-electron chi connectivity index (χ4n) is 9.38. The van der Waals surface area contributed by atoms with Crippen molar-refractivity contribution in [1.82, 2.24) is 10.3 Å². The fraction of sp³-hybridized carbons (Fsp3) is 0.610. The van der Waals surface area contributed by atoms with Crippen LogP contribution >= 0.6 is 0 Å². The highest BCUT2D eigenvalue weighted by atomic mass is 16.6. The zero-order chi connectivity index (χ0) is 37.5. The molecular weight excluding hydrogens is 662 g/mol. The lowest BCUT2D eigenvalue weighted by atomic mass is 9.57. The molecule has 2 bridgehead atoms. The van der Waals surface area contributed by atoms with Crippen LogP contribution in [0.1, 0.15) is 83.0 Å². The molecule has 286 valence electrons. The van der Waals surface area contributed by atoms with E-state index in [4.69, 9.17) is 19.9 Å². The number of esters is 2.